The third-order valence-electron chi connectivity index (χ3n) is 6.87. The maximum absolute atomic E-state index is 13.3. The molecule has 5 heteroatoms. The maximum Gasteiger partial charge on any atom is 0.233 e. The molecular formula is C19H23NO4. The van der Waals surface area contributed by atoms with Crippen molar-refractivity contribution in [2.45, 2.75) is 38.2 Å². The highest BCUT2D eigenvalue weighted by Gasteiger charge is 2.79. The van der Waals surface area contributed by atoms with Gasteiger partial charge in [-0.25, -0.2) is 0 Å². The van der Waals surface area contributed by atoms with Crippen LogP contribution in [0.4, 0.5) is 5.69 Å². The largest absolute Gasteiger partial charge is 0.497 e. The van der Waals surface area contributed by atoms with Crippen molar-refractivity contribution in [2.24, 2.45) is 29.6 Å². The number of benzene rings is 1. The number of ether oxygens (including phenoxy) is 2. The Bertz CT molecular complexity index is 702. The van der Waals surface area contributed by atoms with Crippen molar-refractivity contribution in [3.63, 3.8) is 0 Å². The predicted molar refractivity (Wildman–Crippen MR) is 87.5 cm³/mol. The van der Waals surface area contributed by atoms with Crippen LogP contribution in [0.1, 0.15) is 20.3 Å². The molecule has 0 radical (unpaired) electrons. The first kappa shape index (κ1) is 14.7. The highest BCUT2D eigenvalue weighted by molar-refractivity contribution is 6.00. The van der Waals surface area contributed by atoms with Gasteiger partial charge in [-0.15, -0.1) is 0 Å². The van der Waals surface area contributed by atoms with Gasteiger partial charge in [0.05, 0.1) is 25.2 Å². The van der Waals surface area contributed by atoms with E-state index in [2.05, 4.69) is 13.8 Å². The van der Waals surface area contributed by atoms with Crippen molar-refractivity contribution >= 4 is 11.6 Å². The minimum Gasteiger partial charge on any atom is -0.497 e. The standard InChI is InChI=1S/C19H23NO4/c1-9(2)19-15-13-8-12(16(21)17(13)24-19)14(15)18(22)20(19)10-4-6-11(23-3)7-5-10/h4-7,9,12-17,21H,8H2,1-3H3/t12-,13-,14-,15+,16-,17+,19-/m1/s1. The lowest BCUT2D eigenvalue weighted by Gasteiger charge is -2.42. The van der Waals surface area contributed by atoms with Crippen LogP contribution in [0.5, 0.6) is 5.75 Å². The van der Waals surface area contributed by atoms with Gasteiger partial charge in [-0.3, -0.25) is 9.69 Å². The summed E-state index contributed by atoms with van der Waals surface area (Å²) in [7, 11) is 1.63. The van der Waals surface area contributed by atoms with Crippen molar-refractivity contribution < 1.29 is 19.4 Å². The number of hydrogen-bond donors (Lipinski definition) is 1. The van der Waals surface area contributed by atoms with Gasteiger partial charge in [-0.2, -0.15) is 0 Å². The molecule has 5 nitrogen and oxygen atoms in total. The third-order valence-corrected chi connectivity index (χ3v) is 6.87. The van der Waals surface area contributed by atoms with Gasteiger partial charge >= 0.3 is 0 Å². The third kappa shape index (κ3) is 1.43. The number of anilines is 1. The Kier molecular flexibility index (Phi) is 2.78. The smallest absolute Gasteiger partial charge is 0.233 e. The van der Waals surface area contributed by atoms with E-state index >= 15 is 0 Å². The number of amides is 1. The molecule has 24 heavy (non-hydrogen) atoms. The van der Waals surface area contributed by atoms with Gasteiger partial charge in [0.1, 0.15) is 5.75 Å². The number of methoxy groups -OCH3 is 1. The Morgan fingerprint density at radius 2 is 2.00 bits per heavy atom. The lowest BCUT2D eigenvalue weighted by molar-refractivity contribution is -0.136. The zero-order valence-corrected chi connectivity index (χ0v) is 14.2. The van der Waals surface area contributed by atoms with E-state index in [0.29, 0.717) is 5.92 Å². The van der Waals surface area contributed by atoms with Crippen LogP contribution in [0.2, 0.25) is 0 Å². The van der Waals surface area contributed by atoms with E-state index in [1.54, 1.807) is 7.11 Å². The summed E-state index contributed by atoms with van der Waals surface area (Å²) in [6, 6.07) is 7.63. The molecule has 1 N–H and O–H groups in total. The summed E-state index contributed by atoms with van der Waals surface area (Å²) in [5, 5.41) is 10.6. The van der Waals surface area contributed by atoms with Gasteiger partial charge in [0.2, 0.25) is 5.91 Å². The van der Waals surface area contributed by atoms with E-state index in [0.717, 1.165) is 17.9 Å². The number of nitrogens with zero attached hydrogens (tertiary/aromatic N) is 1. The summed E-state index contributed by atoms with van der Waals surface area (Å²) >= 11 is 0. The maximum atomic E-state index is 13.3. The summed E-state index contributed by atoms with van der Waals surface area (Å²) in [6.45, 7) is 4.24. The van der Waals surface area contributed by atoms with Crippen molar-refractivity contribution in [2.75, 3.05) is 12.0 Å². The number of rotatable bonds is 3. The van der Waals surface area contributed by atoms with E-state index in [-0.39, 0.29) is 35.7 Å². The molecule has 7 atom stereocenters. The first-order valence-electron chi connectivity index (χ1n) is 8.84. The second-order valence-electron chi connectivity index (χ2n) is 7.97. The summed E-state index contributed by atoms with van der Waals surface area (Å²) < 4.78 is 11.7. The average molecular weight is 329 g/mol. The molecule has 2 aliphatic heterocycles. The Hall–Kier alpha value is -1.59. The molecule has 2 saturated heterocycles. The van der Waals surface area contributed by atoms with Crippen LogP contribution in [0, 0.1) is 29.6 Å². The summed E-state index contributed by atoms with van der Waals surface area (Å²) in [5.41, 5.74) is 0.233. The zero-order chi connectivity index (χ0) is 16.8. The summed E-state index contributed by atoms with van der Waals surface area (Å²) in [6.07, 6.45) is 0.323. The van der Waals surface area contributed by atoms with Crippen LogP contribution in [-0.4, -0.2) is 36.1 Å². The fraction of sp³-hybridized carbons (Fsp3) is 0.632. The zero-order valence-electron chi connectivity index (χ0n) is 14.2. The van der Waals surface area contributed by atoms with Crippen LogP contribution in [0.3, 0.4) is 0 Å². The lowest BCUT2D eigenvalue weighted by Crippen LogP contribution is -2.54. The van der Waals surface area contributed by atoms with Gasteiger partial charge in [0.15, 0.2) is 5.72 Å². The Morgan fingerprint density at radius 1 is 1.29 bits per heavy atom. The van der Waals surface area contributed by atoms with Crippen LogP contribution in [0.15, 0.2) is 24.3 Å². The number of fused-ring (bicyclic) bond motifs is 2. The van der Waals surface area contributed by atoms with E-state index in [9.17, 15) is 9.90 Å². The molecule has 2 heterocycles. The molecule has 2 saturated carbocycles. The van der Waals surface area contributed by atoms with E-state index in [4.69, 9.17) is 9.47 Å². The second kappa shape index (κ2) is 4.52. The molecule has 5 rings (SSSR count). The number of aliphatic hydroxyl groups excluding tert-OH is 1. The fourth-order valence-electron chi connectivity index (χ4n) is 6.04. The number of carbonyl (C=O) groups excluding carboxylic acids is 1. The monoisotopic (exact) mass is 329 g/mol. The van der Waals surface area contributed by atoms with Gasteiger partial charge in [-0.1, -0.05) is 13.8 Å². The highest BCUT2D eigenvalue weighted by atomic mass is 16.6. The Labute approximate surface area is 141 Å². The molecule has 0 aromatic heterocycles. The quantitative estimate of drug-likeness (QED) is 0.922. The fourth-order valence-corrected chi connectivity index (χ4v) is 6.04. The van der Waals surface area contributed by atoms with Crippen molar-refractivity contribution in [1.29, 1.82) is 0 Å². The molecule has 4 fully saturated rings. The second-order valence-corrected chi connectivity index (χ2v) is 7.97. The number of aliphatic hydroxyl groups is 1. The lowest BCUT2D eigenvalue weighted by atomic mass is 9.74. The van der Waals surface area contributed by atoms with Crippen LogP contribution >= 0.6 is 0 Å². The molecule has 0 spiro atoms. The molecule has 2 bridgehead atoms. The molecule has 2 aliphatic carbocycles. The number of carbonyl (C=O) groups is 1. The van der Waals surface area contributed by atoms with E-state index in [1.807, 2.05) is 29.2 Å². The minimum absolute atomic E-state index is 0.0568. The number of hydrogen-bond acceptors (Lipinski definition) is 4. The van der Waals surface area contributed by atoms with Gasteiger partial charge < -0.3 is 14.6 Å². The highest BCUT2D eigenvalue weighted by Crippen LogP contribution is 2.69. The van der Waals surface area contributed by atoms with E-state index < -0.39 is 11.8 Å². The molecule has 0 unspecified atom stereocenters. The first-order valence-corrected chi connectivity index (χ1v) is 8.84. The van der Waals surface area contributed by atoms with Crippen molar-refractivity contribution in [3.05, 3.63) is 24.3 Å². The molecule has 1 aromatic rings. The normalized spacial score (nSPS) is 44.9. The van der Waals surface area contributed by atoms with Gasteiger partial charge in [0.25, 0.3) is 0 Å². The van der Waals surface area contributed by atoms with Crippen molar-refractivity contribution in [3.8, 4) is 5.75 Å². The molecule has 1 aromatic carbocycles. The van der Waals surface area contributed by atoms with Crippen molar-refractivity contribution in [1.82, 2.24) is 0 Å². The van der Waals surface area contributed by atoms with E-state index in [1.165, 1.54) is 0 Å². The molecule has 4 aliphatic rings. The summed E-state index contributed by atoms with van der Waals surface area (Å²) in [5.74, 6) is 1.51. The summed E-state index contributed by atoms with van der Waals surface area (Å²) in [4.78, 5) is 15.2. The van der Waals surface area contributed by atoms with Crippen LogP contribution in [-0.2, 0) is 9.53 Å². The predicted octanol–water partition coefficient (Wildman–Crippen LogP) is 2.04. The van der Waals surface area contributed by atoms with Gasteiger partial charge in [0, 0.05) is 17.5 Å². The Balaban J connectivity index is 1.65. The molecule has 128 valence electrons. The minimum atomic E-state index is -0.627. The average Bonchev–Trinajstić information content (AvgIpc) is 3.23. The Morgan fingerprint density at radius 3 is 2.62 bits per heavy atom. The SMILES string of the molecule is COc1ccc(N2C(=O)[C@@H]3[C@H]4C[C@H]5[C@H](O[C@]2(C(C)C)[C@@H]53)[C@@H]4O)cc1. The van der Waals surface area contributed by atoms with Gasteiger partial charge in [-0.05, 0) is 42.5 Å². The first-order chi connectivity index (χ1) is 11.5. The van der Waals surface area contributed by atoms with Crippen LogP contribution < -0.4 is 9.64 Å². The molecule has 1 amide bonds. The molecular weight excluding hydrogens is 306 g/mol. The topological polar surface area (TPSA) is 59.0 Å². The van der Waals surface area contributed by atoms with Crippen LogP contribution in [0.25, 0.3) is 0 Å².